The molecule has 0 spiro atoms. The largest absolute Gasteiger partial charge is 0.494 e. The molecule has 1 unspecified atom stereocenters. The molecule has 1 aromatic carbocycles. The Morgan fingerprint density at radius 1 is 1.43 bits per heavy atom. The number of carbonyl (C=O) groups excluding carboxylic acids is 1. The summed E-state index contributed by atoms with van der Waals surface area (Å²) >= 11 is 7.75. The van der Waals surface area contributed by atoms with Gasteiger partial charge in [-0.2, -0.15) is 0 Å². The molecule has 1 aromatic rings. The zero-order valence-corrected chi connectivity index (χ0v) is 13.2. The van der Waals surface area contributed by atoms with Crippen LogP contribution in [0.5, 0.6) is 5.75 Å². The van der Waals surface area contributed by atoms with Gasteiger partial charge in [-0.1, -0.05) is 11.8 Å². The number of fused-ring (bicyclic) bond motifs is 1. The molecule has 2 aliphatic rings. The lowest BCUT2D eigenvalue weighted by molar-refractivity contribution is -0.117. The Kier molecular flexibility index (Phi) is 3.87. The molecule has 1 aliphatic carbocycles. The molecular weight excluding hydrogens is 310 g/mol. The number of anilines is 1. The summed E-state index contributed by atoms with van der Waals surface area (Å²) in [5.41, 5.74) is 1.78. The molecule has 0 fully saturated rings. The molecule has 0 radical (unpaired) electrons. The molecule has 0 bridgehead atoms. The maximum atomic E-state index is 12.1. The lowest BCUT2D eigenvalue weighted by atomic mass is 10.1. The molecule has 21 heavy (non-hydrogen) atoms. The SMILES string of the molecule is CCOc1ccc2c(c1)SC1=C(C=C(OC)C(=O)C1Cl)N2. The number of allylic oxidation sites excluding steroid dienone is 3. The monoisotopic (exact) mass is 323 g/mol. The molecule has 110 valence electrons. The summed E-state index contributed by atoms with van der Waals surface area (Å²) in [6.07, 6.45) is 1.70. The van der Waals surface area contributed by atoms with Gasteiger partial charge in [0.25, 0.3) is 0 Å². The van der Waals surface area contributed by atoms with Gasteiger partial charge in [0.05, 0.1) is 25.1 Å². The highest BCUT2D eigenvalue weighted by Gasteiger charge is 2.34. The van der Waals surface area contributed by atoms with Gasteiger partial charge in [0.2, 0.25) is 5.78 Å². The average molecular weight is 324 g/mol. The van der Waals surface area contributed by atoms with E-state index >= 15 is 0 Å². The van der Waals surface area contributed by atoms with E-state index in [9.17, 15) is 4.79 Å². The molecule has 0 aromatic heterocycles. The van der Waals surface area contributed by atoms with Gasteiger partial charge in [-0.15, -0.1) is 11.6 Å². The van der Waals surface area contributed by atoms with E-state index in [4.69, 9.17) is 21.1 Å². The minimum Gasteiger partial charge on any atom is -0.494 e. The van der Waals surface area contributed by atoms with Crippen molar-refractivity contribution < 1.29 is 14.3 Å². The first-order valence-electron chi connectivity index (χ1n) is 6.54. The number of Topliss-reactive ketones (excluding diaryl/α,β-unsaturated/α-hetero) is 1. The average Bonchev–Trinajstić information content (AvgIpc) is 2.50. The molecule has 0 saturated carbocycles. The third-order valence-electron chi connectivity index (χ3n) is 3.22. The van der Waals surface area contributed by atoms with E-state index in [1.165, 1.54) is 18.9 Å². The number of rotatable bonds is 3. The standard InChI is InChI=1S/C15H14ClNO3S/c1-3-20-8-4-5-9-12(6-8)21-15-10(17-9)7-11(19-2)14(18)13(15)16/h4-7,13,17H,3H2,1-2H3. The number of ether oxygens (including phenoxy) is 2. The number of carbonyl (C=O) groups is 1. The number of alkyl halides is 1. The van der Waals surface area contributed by atoms with E-state index in [0.717, 1.165) is 26.9 Å². The summed E-state index contributed by atoms with van der Waals surface area (Å²) in [5.74, 6) is 0.865. The van der Waals surface area contributed by atoms with Crippen molar-refractivity contribution in [2.24, 2.45) is 0 Å². The van der Waals surface area contributed by atoms with Crippen LogP contribution < -0.4 is 10.1 Å². The highest BCUT2D eigenvalue weighted by Crippen LogP contribution is 2.46. The summed E-state index contributed by atoms with van der Waals surface area (Å²) < 4.78 is 10.6. The van der Waals surface area contributed by atoms with Gasteiger partial charge in [-0.25, -0.2) is 0 Å². The number of halogens is 1. The topological polar surface area (TPSA) is 47.6 Å². The fraction of sp³-hybridized carbons (Fsp3) is 0.267. The maximum Gasteiger partial charge on any atom is 0.220 e. The fourth-order valence-corrected chi connectivity index (χ4v) is 3.66. The number of hydrogen-bond acceptors (Lipinski definition) is 5. The molecule has 4 nitrogen and oxygen atoms in total. The molecule has 3 rings (SSSR count). The van der Waals surface area contributed by atoms with Crippen LogP contribution in [0.3, 0.4) is 0 Å². The third-order valence-corrected chi connectivity index (χ3v) is 5.00. The molecule has 0 amide bonds. The van der Waals surface area contributed by atoms with Crippen LogP contribution in [0.4, 0.5) is 5.69 Å². The quantitative estimate of drug-likeness (QED) is 0.862. The Hall–Kier alpha value is -1.59. The highest BCUT2D eigenvalue weighted by atomic mass is 35.5. The number of benzene rings is 1. The maximum absolute atomic E-state index is 12.1. The Morgan fingerprint density at radius 2 is 2.24 bits per heavy atom. The zero-order chi connectivity index (χ0) is 15.0. The lowest BCUT2D eigenvalue weighted by Crippen LogP contribution is -2.27. The van der Waals surface area contributed by atoms with Gasteiger partial charge in [0.1, 0.15) is 11.1 Å². The van der Waals surface area contributed by atoms with Crippen LogP contribution in [-0.2, 0) is 9.53 Å². The first-order valence-corrected chi connectivity index (χ1v) is 7.79. The van der Waals surface area contributed by atoms with Gasteiger partial charge in [0.15, 0.2) is 5.76 Å². The minimum atomic E-state index is -0.721. The summed E-state index contributed by atoms with van der Waals surface area (Å²) in [7, 11) is 1.47. The van der Waals surface area contributed by atoms with Crippen molar-refractivity contribution in [2.75, 3.05) is 19.0 Å². The van der Waals surface area contributed by atoms with Crippen molar-refractivity contribution in [1.29, 1.82) is 0 Å². The first-order chi connectivity index (χ1) is 10.1. The van der Waals surface area contributed by atoms with Crippen molar-refractivity contribution in [1.82, 2.24) is 0 Å². The number of hydrogen-bond donors (Lipinski definition) is 1. The van der Waals surface area contributed by atoms with Crippen LogP contribution in [0.15, 0.2) is 45.5 Å². The Bertz CT molecular complexity index is 669. The molecule has 1 atom stereocenters. The predicted molar refractivity (Wildman–Crippen MR) is 83.9 cm³/mol. The van der Waals surface area contributed by atoms with E-state index in [1.807, 2.05) is 25.1 Å². The number of nitrogens with one attached hydrogen (secondary N) is 1. The number of thioether (sulfide) groups is 1. The van der Waals surface area contributed by atoms with Crippen molar-refractivity contribution in [3.63, 3.8) is 0 Å². The summed E-state index contributed by atoms with van der Waals surface area (Å²) in [6.45, 7) is 2.55. The van der Waals surface area contributed by atoms with E-state index < -0.39 is 5.38 Å². The van der Waals surface area contributed by atoms with Crippen LogP contribution in [-0.4, -0.2) is 24.9 Å². The van der Waals surface area contributed by atoms with Crippen LogP contribution in [0.1, 0.15) is 6.92 Å². The number of ketones is 1. The van der Waals surface area contributed by atoms with E-state index in [2.05, 4.69) is 5.32 Å². The van der Waals surface area contributed by atoms with Crippen molar-refractivity contribution >= 4 is 34.8 Å². The van der Waals surface area contributed by atoms with E-state index in [1.54, 1.807) is 6.08 Å². The molecule has 0 saturated heterocycles. The van der Waals surface area contributed by atoms with Crippen LogP contribution in [0.25, 0.3) is 0 Å². The second kappa shape index (κ2) is 5.66. The lowest BCUT2D eigenvalue weighted by Gasteiger charge is -2.28. The smallest absolute Gasteiger partial charge is 0.220 e. The van der Waals surface area contributed by atoms with E-state index in [0.29, 0.717) is 6.61 Å². The van der Waals surface area contributed by atoms with Gasteiger partial charge < -0.3 is 14.8 Å². The van der Waals surface area contributed by atoms with Crippen molar-refractivity contribution in [2.45, 2.75) is 17.2 Å². The van der Waals surface area contributed by atoms with Gasteiger partial charge in [0, 0.05) is 15.9 Å². The summed E-state index contributed by atoms with van der Waals surface area (Å²) in [6, 6.07) is 5.82. The van der Waals surface area contributed by atoms with Crippen LogP contribution in [0.2, 0.25) is 0 Å². The Labute approximate surface area is 132 Å². The highest BCUT2D eigenvalue weighted by molar-refractivity contribution is 8.03. The fourth-order valence-electron chi connectivity index (χ4n) is 2.23. The predicted octanol–water partition coefficient (Wildman–Crippen LogP) is 3.53. The molecule has 6 heteroatoms. The second-order valence-corrected chi connectivity index (χ2v) is 6.06. The van der Waals surface area contributed by atoms with Gasteiger partial charge in [-0.05, 0) is 25.1 Å². The van der Waals surface area contributed by atoms with Crippen molar-refractivity contribution in [3.05, 3.63) is 40.6 Å². The van der Waals surface area contributed by atoms with E-state index in [-0.39, 0.29) is 11.5 Å². The Balaban J connectivity index is 1.97. The van der Waals surface area contributed by atoms with Gasteiger partial charge >= 0.3 is 0 Å². The Morgan fingerprint density at radius 3 is 2.95 bits per heavy atom. The summed E-state index contributed by atoms with van der Waals surface area (Å²) in [4.78, 5) is 13.9. The molecule has 1 aliphatic heterocycles. The molecular formula is C15H14ClNO3S. The number of methoxy groups -OCH3 is 1. The second-order valence-electron chi connectivity index (χ2n) is 4.54. The summed E-state index contributed by atoms with van der Waals surface area (Å²) in [5, 5.41) is 2.57. The van der Waals surface area contributed by atoms with Crippen LogP contribution in [0, 0.1) is 0 Å². The third kappa shape index (κ3) is 2.51. The van der Waals surface area contributed by atoms with Gasteiger partial charge in [-0.3, -0.25) is 4.79 Å². The molecule has 1 N–H and O–H groups in total. The normalized spacial score (nSPS) is 20.2. The molecule has 1 heterocycles. The first kappa shape index (κ1) is 14.4. The van der Waals surface area contributed by atoms with Crippen molar-refractivity contribution in [3.8, 4) is 5.75 Å². The minimum absolute atomic E-state index is 0.211. The van der Waals surface area contributed by atoms with Crippen LogP contribution >= 0.6 is 23.4 Å². The zero-order valence-electron chi connectivity index (χ0n) is 11.6.